The van der Waals surface area contributed by atoms with Crippen molar-refractivity contribution >= 4 is 5.91 Å². The fraction of sp³-hybridized carbons (Fsp3) is 0.300. The van der Waals surface area contributed by atoms with E-state index in [4.69, 9.17) is 4.84 Å². The van der Waals surface area contributed by atoms with Gasteiger partial charge in [0.15, 0.2) is 0 Å². The summed E-state index contributed by atoms with van der Waals surface area (Å²) >= 11 is 0. The molecule has 1 aliphatic heterocycles. The number of carbonyl (C=O) groups excluding carboxylic acids is 1. The summed E-state index contributed by atoms with van der Waals surface area (Å²) in [5, 5.41) is 1.30. The summed E-state index contributed by atoms with van der Waals surface area (Å²) in [5.41, 5.74) is 1.02. The first-order chi connectivity index (χ1) is 6.29. The van der Waals surface area contributed by atoms with E-state index in [1.165, 1.54) is 5.06 Å². The molecular formula is C10H11NO2. The van der Waals surface area contributed by atoms with E-state index in [0.717, 1.165) is 5.56 Å². The Bertz CT molecular complexity index is 310. The van der Waals surface area contributed by atoms with Crippen molar-refractivity contribution in [3.63, 3.8) is 0 Å². The van der Waals surface area contributed by atoms with Gasteiger partial charge >= 0.3 is 0 Å². The highest BCUT2D eigenvalue weighted by molar-refractivity contribution is 5.84. The van der Waals surface area contributed by atoms with Gasteiger partial charge in [0.05, 0.1) is 12.5 Å². The Labute approximate surface area is 76.9 Å². The van der Waals surface area contributed by atoms with Gasteiger partial charge in [0, 0.05) is 7.05 Å². The molecule has 1 unspecified atom stereocenters. The Morgan fingerprint density at radius 1 is 1.38 bits per heavy atom. The van der Waals surface area contributed by atoms with Gasteiger partial charge in [-0.05, 0) is 5.56 Å². The standard InChI is InChI=1S/C10H11NO2/c1-11-10(12)9(7-13-11)8-5-3-2-4-6-8/h2-6,9H,7H2,1H3. The molecular weight excluding hydrogens is 166 g/mol. The highest BCUT2D eigenvalue weighted by Gasteiger charge is 2.31. The number of rotatable bonds is 1. The van der Waals surface area contributed by atoms with Crippen LogP contribution in [-0.4, -0.2) is 24.6 Å². The van der Waals surface area contributed by atoms with Gasteiger partial charge in [-0.25, -0.2) is 5.06 Å². The molecule has 1 atom stereocenters. The number of likely N-dealkylation sites (N-methyl/N-ethyl adjacent to an activating group) is 1. The van der Waals surface area contributed by atoms with Gasteiger partial charge in [-0.15, -0.1) is 0 Å². The molecule has 0 radical (unpaired) electrons. The van der Waals surface area contributed by atoms with Gasteiger partial charge in [0.2, 0.25) is 0 Å². The molecule has 1 fully saturated rings. The molecule has 13 heavy (non-hydrogen) atoms. The van der Waals surface area contributed by atoms with Crippen LogP contribution in [0.1, 0.15) is 11.5 Å². The van der Waals surface area contributed by atoms with Crippen LogP contribution in [0.15, 0.2) is 30.3 Å². The highest BCUT2D eigenvalue weighted by atomic mass is 16.7. The monoisotopic (exact) mass is 177 g/mol. The van der Waals surface area contributed by atoms with Crippen molar-refractivity contribution in [1.29, 1.82) is 0 Å². The predicted octanol–water partition coefficient (Wildman–Crippen LogP) is 1.17. The summed E-state index contributed by atoms with van der Waals surface area (Å²) in [6, 6.07) is 9.70. The molecule has 0 N–H and O–H groups in total. The lowest BCUT2D eigenvalue weighted by molar-refractivity contribution is -0.154. The van der Waals surface area contributed by atoms with Crippen LogP contribution in [0.2, 0.25) is 0 Å². The Morgan fingerprint density at radius 2 is 2.08 bits per heavy atom. The average Bonchev–Trinajstić information content (AvgIpc) is 2.49. The fourth-order valence-corrected chi connectivity index (χ4v) is 1.46. The van der Waals surface area contributed by atoms with E-state index in [0.29, 0.717) is 6.61 Å². The van der Waals surface area contributed by atoms with Crippen molar-refractivity contribution in [1.82, 2.24) is 5.06 Å². The van der Waals surface area contributed by atoms with Crippen LogP contribution < -0.4 is 0 Å². The van der Waals surface area contributed by atoms with E-state index in [1.54, 1.807) is 7.05 Å². The number of benzene rings is 1. The molecule has 1 heterocycles. The van der Waals surface area contributed by atoms with Crippen LogP contribution in [0.4, 0.5) is 0 Å². The van der Waals surface area contributed by atoms with Crippen molar-refractivity contribution in [2.45, 2.75) is 5.92 Å². The number of hydrogen-bond donors (Lipinski definition) is 0. The van der Waals surface area contributed by atoms with Crippen molar-refractivity contribution in [2.24, 2.45) is 0 Å². The molecule has 3 nitrogen and oxygen atoms in total. The van der Waals surface area contributed by atoms with E-state index < -0.39 is 0 Å². The van der Waals surface area contributed by atoms with Gasteiger partial charge in [0.25, 0.3) is 5.91 Å². The van der Waals surface area contributed by atoms with Crippen LogP contribution in [0, 0.1) is 0 Å². The summed E-state index contributed by atoms with van der Waals surface area (Å²) in [6.45, 7) is 0.458. The summed E-state index contributed by atoms with van der Waals surface area (Å²) in [6.07, 6.45) is 0. The van der Waals surface area contributed by atoms with E-state index >= 15 is 0 Å². The van der Waals surface area contributed by atoms with Crippen molar-refractivity contribution in [3.05, 3.63) is 35.9 Å². The van der Waals surface area contributed by atoms with Gasteiger partial charge in [0.1, 0.15) is 0 Å². The average molecular weight is 177 g/mol. The molecule has 0 saturated carbocycles. The number of carbonyl (C=O) groups is 1. The number of nitrogens with zero attached hydrogens (tertiary/aromatic N) is 1. The Morgan fingerprint density at radius 3 is 2.62 bits per heavy atom. The van der Waals surface area contributed by atoms with E-state index in [2.05, 4.69) is 0 Å². The zero-order chi connectivity index (χ0) is 9.26. The first-order valence-electron chi connectivity index (χ1n) is 4.24. The zero-order valence-electron chi connectivity index (χ0n) is 7.43. The molecule has 0 aliphatic carbocycles. The molecule has 1 aromatic carbocycles. The van der Waals surface area contributed by atoms with Crippen molar-refractivity contribution < 1.29 is 9.63 Å². The lowest BCUT2D eigenvalue weighted by Crippen LogP contribution is -2.20. The van der Waals surface area contributed by atoms with Crippen LogP contribution in [-0.2, 0) is 9.63 Å². The minimum Gasteiger partial charge on any atom is -0.272 e. The topological polar surface area (TPSA) is 29.5 Å². The first-order valence-corrected chi connectivity index (χ1v) is 4.24. The summed E-state index contributed by atoms with van der Waals surface area (Å²) in [5.74, 6) is -0.0857. The molecule has 0 bridgehead atoms. The third-order valence-electron chi connectivity index (χ3n) is 2.25. The molecule has 68 valence electrons. The van der Waals surface area contributed by atoms with E-state index in [-0.39, 0.29) is 11.8 Å². The lowest BCUT2D eigenvalue weighted by atomic mass is 10.0. The van der Waals surface area contributed by atoms with Gasteiger partial charge < -0.3 is 0 Å². The SMILES string of the molecule is CN1OCC(c2ccccc2)C1=O. The second-order valence-electron chi connectivity index (χ2n) is 3.09. The van der Waals surface area contributed by atoms with E-state index in [9.17, 15) is 4.79 Å². The molecule has 1 amide bonds. The molecule has 0 spiro atoms. The maximum Gasteiger partial charge on any atom is 0.255 e. The van der Waals surface area contributed by atoms with Crippen molar-refractivity contribution in [2.75, 3.05) is 13.7 Å². The molecule has 1 aliphatic rings. The van der Waals surface area contributed by atoms with Gasteiger partial charge in [-0.3, -0.25) is 9.63 Å². The smallest absolute Gasteiger partial charge is 0.255 e. The minimum atomic E-state index is -0.119. The first kappa shape index (κ1) is 8.26. The molecule has 0 aromatic heterocycles. The number of amides is 1. The molecule has 3 heteroatoms. The number of hydrogen-bond acceptors (Lipinski definition) is 2. The third kappa shape index (κ3) is 1.42. The van der Waals surface area contributed by atoms with Gasteiger partial charge in [-0.1, -0.05) is 30.3 Å². The maximum absolute atomic E-state index is 11.5. The van der Waals surface area contributed by atoms with Crippen LogP contribution in [0.25, 0.3) is 0 Å². The Balaban J connectivity index is 2.24. The summed E-state index contributed by atoms with van der Waals surface area (Å²) in [7, 11) is 1.64. The largest absolute Gasteiger partial charge is 0.272 e. The molecule has 1 aromatic rings. The molecule has 1 saturated heterocycles. The van der Waals surface area contributed by atoms with Crippen LogP contribution in [0.3, 0.4) is 0 Å². The zero-order valence-corrected chi connectivity index (χ0v) is 7.43. The quantitative estimate of drug-likeness (QED) is 0.644. The third-order valence-corrected chi connectivity index (χ3v) is 2.25. The summed E-state index contributed by atoms with van der Waals surface area (Å²) in [4.78, 5) is 16.6. The van der Waals surface area contributed by atoms with Crippen molar-refractivity contribution in [3.8, 4) is 0 Å². The van der Waals surface area contributed by atoms with E-state index in [1.807, 2.05) is 30.3 Å². The highest BCUT2D eigenvalue weighted by Crippen LogP contribution is 2.23. The Kier molecular flexibility index (Phi) is 2.02. The number of hydroxylamine groups is 2. The minimum absolute atomic E-state index is 0.0335. The predicted molar refractivity (Wildman–Crippen MR) is 47.9 cm³/mol. The second-order valence-corrected chi connectivity index (χ2v) is 3.09. The Hall–Kier alpha value is -1.35. The maximum atomic E-state index is 11.5. The van der Waals surface area contributed by atoms with Crippen LogP contribution >= 0.6 is 0 Å². The van der Waals surface area contributed by atoms with Crippen LogP contribution in [0.5, 0.6) is 0 Å². The second kappa shape index (κ2) is 3.18. The normalized spacial score (nSPS) is 22.4. The summed E-state index contributed by atoms with van der Waals surface area (Å²) < 4.78 is 0. The lowest BCUT2D eigenvalue weighted by Gasteiger charge is -2.06. The van der Waals surface area contributed by atoms with Gasteiger partial charge in [-0.2, -0.15) is 0 Å². The molecule has 2 rings (SSSR count). The fourth-order valence-electron chi connectivity index (χ4n) is 1.46.